The molecule has 4 heteroatoms. The van der Waals surface area contributed by atoms with Crippen molar-refractivity contribution in [2.24, 2.45) is 5.92 Å². The Morgan fingerprint density at radius 2 is 2.06 bits per heavy atom. The number of esters is 1. The van der Waals surface area contributed by atoms with Crippen LogP contribution in [0.15, 0.2) is 24.3 Å². The number of hydrogen-bond donors (Lipinski definition) is 0. The summed E-state index contributed by atoms with van der Waals surface area (Å²) in [6, 6.07) is 7.53. The van der Waals surface area contributed by atoms with Gasteiger partial charge in [0.1, 0.15) is 5.92 Å². The summed E-state index contributed by atoms with van der Waals surface area (Å²) in [7, 11) is 0. The van der Waals surface area contributed by atoms with E-state index in [1.807, 2.05) is 31.2 Å². The van der Waals surface area contributed by atoms with Gasteiger partial charge in [-0.25, -0.2) is 0 Å². The van der Waals surface area contributed by atoms with Crippen LogP contribution < -0.4 is 9.47 Å². The highest BCUT2D eigenvalue weighted by Gasteiger charge is 2.55. The van der Waals surface area contributed by atoms with Gasteiger partial charge in [0.2, 0.25) is 0 Å². The molecule has 1 aliphatic carbocycles. The number of carbonyl (C=O) groups excluding carboxylic acids is 1. The van der Waals surface area contributed by atoms with Crippen LogP contribution in [0.2, 0.25) is 0 Å². The van der Waals surface area contributed by atoms with Crippen LogP contribution in [0, 0.1) is 5.92 Å². The predicted molar refractivity (Wildman–Crippen MR) is 64.4 cm³/mol. The Morgan fingerprint density at radius 3 is 2.67 bits per heavy atom. The predicted octanol–water partition coefficient (Wildman–Crippen LogP) is 2.52. The molecule has 0 saturated heterocycles. The van der Waals surface area contributed by atoms with E-state index in [-0.39, 0.29) is 11.9 Å². The monoisotopic (exact) mass is 248 g/mol. The molecule has 1 aromatic rings. The van der Waals surface area contributed by atoms with Crippen molar-refractivity contribution >= 4 is 5.97 Å². The molecule has 2 aliphatic rings. The van der Waals surface area contributed by atoms with Crippen LogP contribution in [-0.2, 0) is 9.53 Å². The fraction of sp³-hybridized carbons (Fsp3) is 0.500. The average molecular weight is 248 g/mol. The van der Waals surface area contributed by atoms with Gasteiger partial charge in [-0.3, -0.25) is 4.79 Å². The summed E-state index contributed by atoms with van der Waals surface area (Å²) < 4.78 is 16.9. The van der Waals surface area contributed by atoms with Crippen LogP contribution in [0.25, 0.3) is 0 Å². The number of fused-ring (bicyclic) bond motifs is 1. The van der Waals surface area contributed by atoms with Crippen LogP contribution in [0.3, 0.4) is 0 Å². The fourth-order valence-electron chi connectivity index (χ4n) is 2.74. The summed E-state index contributed by atoms with van der Waals surface area (Å²) in [4.78, 5) is 12.0. The normalized spacial score (nSPS) is 23.3. The minimum atomic E-state index is -0.837. The minimum Gasteiger partial charge on any atom is -0.466 e. The van der Waals surface area contributed by atoms with Crippen LogP contribution in [-0.4, -0.2) is 18.4 Å². The lowest BCUT2D eigenvalue weighted by molar-refractivity contribution is -0.169. The van der Waals surface area contributed by atoms with Gasteiger partial charge in [0, 0.05) is 6.42 Å². The molecule has 1 fully saturated rings. The summed E-state index contributed by atoms with van der Waals surface area (Å²) in [5, 5.41) is 0. The smallest absolute Gasteiger partial charge is 0.316 e. The molecule has 0 N–H and O–H groups in total. The van der Waals surface area contributed by atoms with Gasteiger partial charge in [0.05, 0.1) is 6.61 Å². The molecule has 1 atom stereocenters. The van der Waals surface area contributed by atoms with Crippen LogP contribution >= 0.6 is 0 Å². The average Bonchev–Trinajstić information content (AvgIpc) is 2.93. The summed E-state index contributed by atoms with van der Waals surface area (Å²) in [6.45, 7) is 2.20. The molecule has 0 amide bonds. The second kappa shape index (κ2) is 4.19. The molecule has 0 aromatic heterocycles. The maximum absolute atomic E-state index is 12.0. The van der Waals surface area contributed by atoms with E-state index in [1.165, 1.54) is 0 Å². The lowest BCUT2D eigenvalue weighted by Gasteiger charge is -2.27. The van der Waals surface area contributed by atoms with Crippen LogP contribution in [0.1, 0.15) is 26.2 Å². The first-order valence-electron chi connectivity index (χ1n) is 6.39. The Labute approximate surface area is 106 Å². The standard InChI is InChI=1S/C14H16O4/c1-2-16-13(15)10-6-5-9-14(10)17-11-7-3-4-8-12(11)18-14/h3-4,7-8,10H,2,5-6,9H2,1H3. The lowest BCUT2D eigenvalue weighted by Crippen LogP contribution is -2.46. The summed E-state index contributed by atoms with van der Waals surface area (Å²) in [5.41, 5.74) is 0. The molecule has 1 heterocycles. The molecule has 1 unspecified atom stereocenters. The third kappa shape index (κ3) is 1.64. The number of hydrogen-bond acceptors (Lipinski definition) is 4. The molecule has 0 radical (unpaired) electrons. The summed E-state index contributed by atoms with van der Waals surface area (Å²) >= 11 is 0. The van der Waals surface area contributed by atoms with Gasteiger partial charge >= 0.3 is 5.97 Å². The summed E-state index contributed by atoms with van der Waals surface area (Å²) in [5.74, 6) is 0.0469. The minimum absolute atomic E-state index is 0.220. The lowest BCUT2D eigenvalue weighted by atomic mass is 10.0. The second-order valence-electron chi connectivity index (χ2n) is 4.66. The van der Waals surface area contributed by atoms with Crippen LogP contribution in [0.4, 0.5) is 0 Å². The highest BCUT2D eigenvalue weighted by molar-refractivity contribution is 5.74. The molecule has 3 rings (SSSR count). The zero-order valence-electron chi connectivity index (χ0n) is 10.3. The van der Waals surface area contributed by atoms with Gasteiger partial charge in [0.25, 0.3) is 5.79 Å². The van der Waals surface area contributed by atoms with Crippen molar-refractivity contribution in [1.82, 2.24) is 0 Å². The van der Waals surface area contributed by atoms with Crippen molar-refractivity contribution in [3.8, 4) is 11.5 Å². The first-order chi connectivity index (χ1) is 8.75. The topological polar surface area (TPSA) is 44.8 Å². The quantitative estimate of drug-likeness (QED) is 0.754. The Kier molecular flexibility index (Phi) is 2.65. The zero-order chi connectivity index (χ0) is 12.6. The maximum atomic E-state index is 12.0. The molecule has 1 aliphatic heterocycles. The van der Waals surface area contributed by atoms with E-state index in [0.29, 0.717) is 18.1 Å². The van der Waals surface area contributed by atoms with Crippen molar-refractivity contribution in [2.45, 2.75) is 32.0 Å². The van der Waals surface area contributed by atoms with Gasteiger partial charge in [-0.2, -0.15) is 0 Å². The third-order valence-electron chi connectivity index (χ3n) is 3.53. The van der Waals surface area contributed by atoms with Crippen molar-refractivity contribution in [1.29, 1.82) is 0 Å². The molecule has 4 nitrogen and oxygen atoms in total. The second-order valence-corrected chi connectivity index (χ2v) is 4.66. The molecule has 1 aromatic carbocycles. The maximum Gasteiger partial charge on any atom is 0.316 e. The van der Waals surface area contributed by atoms with E-state index in [0.717, 1.165) is 19.3 Å². The highest BCUT2D eigenvalue weighted by atomic mass is 16.7. The number of ether oxygens (including phenoxy) is 3. The highest BCUT2D eigenvalue weighted by Crippen LogP contribution is 2.49. The summed E-state index contributed by atoms with van der Waals surface area (Å²) in [6.07, 6.45) is 2.40. The van der Waals surface area contributed by atoms with Crippen molar-refractivity contribution in [2.75, 3.05) is 6.61 Å². The first-order valence-corrected chi connectivity index (χ1v) is 6.39. The van der Waals surface area contributed by atoms with E-state index in [4.69, 9.17) is 14.2 Å². The number of carbonyl (C=O) groups is 1. The Hall–Kier alpha value is -1.71. The van der Waals surface area contributed by atoms with E-state index in [2.05, 4.69) is 0 Å². The van der Waals surface area contributed by atoms with Gasteiger partial charge in [-0.05, 0) is 31.9 Å². The largest absolute Gasteiger partial charge is 0.466 e. The molecule has 0 bridgehead atoms. The first kappa shape index (κ1) is 11.4. The Morgan fingerprint density at radius 1 is 1.39 bits per heavy atom. The van der Waals surface area contributed by atoms with E-state index < -0.39 is 5.79 Å². The van der Waals surface area contributed by atoms with Gasteiger partial charge in [-0.1, -0.05) is 12.1 Å². The third-order valence-corrected chi connectivity index (χ3v) is 3.53. The molecule has 1 spiro atoms. The van der Waals surface area contributed by atoms with E-state index in [9.17, 15) is 4.79 Å². The molecule has 18 heavy (non-hydrogen) atoms. The Bertz CT molecular complexity index is 444. The zero-order valence-corrected chi connectivity index (χ0v) is 10.3. The SMILES string of the molecule is CCOC(=O)C1CCCC12Oc1ccccc1O2. The van der Waals surface area contributed by atoms with Gasteiger partial charge in [-0.15, -0.1) is 0 Å². The molecular weight excluding hydrogens is 232 g/mol. The fourth-order valence-corrected chi connectivity index (χ4v) is 2.74. The van der Waals surface area contributed by atoms with Gasteiger partial charge in [0.15, 0.2) is 11.5 Å². The van der Waals surface area contributed by atoms with Crippen molar-refractivity contribution in [3.05, 3.63) is 24.3 Å². The molecule has 1 saturated carbocycles. The number of para-hydroxylation sites is 2. The number of rotatable bonds is 2. The molecule has 96 valence electrons. The van der Waals surface area contributed by atoms with E-state index >= 15 is 0 Å². The van der Waals surface area contributed by atoms with Gasteiger partial charge < -0.3 is 14.2 Å². The van der Waals surface area contributed by atoms with Crippen molar-refractivity contribution < 1.29 is 19.0 Å². The Balaban J connectivity index is 1.86. The molecular formula is C14H16O4. The van der Waals surface area contributed by atoms with Crippen LogP contribution in [0.5, 0.6) is 11.5 Å². The number of benzene rings is 1. The van der Waals surface area contributed by atoms with Crippen molar-refractivity contribution in [3.63, 3.8) is 0 Å². The van der Waals surface area contributed by atoms with E-state index in [1.54, 1.807) is 0 Å².